The number of hydrogen-bond donors (Lipinski definition) is 3. The van der Waals surface area contributed by atoms with E-state index >= 15 is 0 Å². The summed E-state index contributed by atoms with van der Waals surface area (Å²) in [6.45, 7) is 7.23. The Morgan fingerprint density at radius 2 is 1.58 bits per heavy atom. The third-order valence-electron chi connectivity index (χ3n) is 10.3. The third-order valence-corrected chi connectivity index (χ3v) is 10.3. The van der Waals surface area contributed by atoms with Crippen molar-refractivity contribution in [1.29, 1.82) is 0 Å². The number of rotatable bonds is 15. The summed E-state index contributed by atoms with van der Waals surface area (Å²) in [4.78, 5) is 16.0. The molecule has 2 aliphatic rings. The molecule has 0 spiro atoms. The lowest BCUT2D eigenvalue weighted by atomic mass is 9.77. The van der Waals surface area contributed by atoms with Gasteiger partial charge >= 0.3 is 0 Å². The maximum atomic E-state index is 14.2. The zero-order chi connectivity index (χ0) is 34.1. The van der Waals surface area contributed by atoms with Crippen LogP contribution in [0.5, 0.6) is 5.75 Å². The van der Waals surface area contributed by atoms with Crippen LogP contribution in [-0.4, -0.2) is 44.4 Å². The number of aliphatic hydroxyl groups is 3. The standard InChI is InChI=1S/C42H57NO5/c1-42(2,3)27-35(44)25-34(24-30-12-6-4-7-13-30)38(45)22-23-40(47)43(41-37-17-11-10-16-33(37)26-39(41)46)28-31-18-20-36(21-19-31)48-29-32-14-8-5-9-15-32/h5,8-11,14-21,30,34-35,38-39,41,44-46H,4,6-7,12-13,22-29H2,1-3H3/t34-,35?,38+,39-,41+/m1/s1. The van der Waals surface area contributed by atoms with E-state index in [1.165, 1.54) is 32.1 Å². The van der Waals surface area contributed by atoms with Crippen LogP contribution in [0, 0.1) is 17.3 Å². The molecule has 1 unspecified atom stereocenters. The van der Waals surface area contributed by atoms with Crippen LogP contribution in [0.25, 0.3) is 0 Å². The summed E-state index contributed by atoms with van der Waals surface area (Å²) in [6, 6.07) is 25.4. The first-order valence-corrected chi connectivity index (χ1v) is 18.2. The van der Waals surface area contributed by atoms with Crippen molar-refractivity contribution >= 4 is 5.91 Å². The van der Waals surface area contributed by atoms with E-state index < -0.39 is 24.4 Å². The number of carbonyl (C=O) groups is 1. The van der Waals surface area contributed by atoms with Crippen LogP contribution in [0.15, 0.2) is 78.9 Å². The fourth-order valence-corrected chi connectivity index (χ4v) is 7.95. The van der Waals surface area contributed by atoms with E-state index in [1.807, 2.05) is 83.8 Å². The predicted octanol–water partition coefficient (Wildman–Crippen LogP) is 8.17. The fraction of sp³-hybridized carbons (Fsp3) is 0.548. The Bertz CT molecular complexity index is 1410. The summed E-state index contributed by atoms with van der Waals surface area (Å²) in [5.74, 6) is 1.20. The van der Waals surface area contributed by atoms with Crippen LogP contribution in [0.3, 0.4) is 0 Å². The molecule has 5 rings (SSSR count). The zero-order valence-corrected chi connectivity index (χ0v) is 29.3. The maximum Gasteiger partial charge on any atom is 0.223 e. The molecule has 2 aliphatic carbocycles. The molecule has 0 radical (unpaired) electrons. The minimum atomic E-state index is -0.698. The van der Waals surface area contributed by atoms with Crippen LogP contribution >= 0.6 is 0 Å². The molecule has 6 nitrogen and oxygen atoms in total. The molecular formula is C42H57NO5. The first-order valence-electron chi connectivity index (χ1n) is 18.2. The number of fused-ring (bicyclic) bond motifs is 1. The smallest absolute Gasteiger partial charge is 0.223 e. The molecule has 3 aromatic rings. The molecule has 48 heavy (non-hydrogen) atoms. The Hall–Kier alpha value is -3.19. The topological polar surface area (TPSA) is 90.2 Å². The van der Waals surface area contributed by atoms with Gasteiger partial charge in [-0.05, 0) is 77.3 Å². The monoisotopic (exact) mass is 655 g/mol. The molecule has 0 aromatic heterocycles. The fourth-order valence-electron chi connectivity index (χ4n) is 7.95. The minimum Gasteiger partial charge on any atom is -0.489 e. The number of carbonyl (C=O) groups excluding carboxylic acids is 1. The summed E-state index contributed by atoms with van der Waals surface area (Å²) in [5.41, 5.74) is 4.10. The predicted molar refractivity (Wildman–Crippen MR) is 191 cm³/mol. The molecule has 260 valence electrons. The molecule has 3 aromatic carbocycles. The number of benzene rings is 3. The molecule has 1 fully saturated rings. The summed E-state index contributed by atoms with van der Waals surface area (Å²) < 4.78 is 5.99. The highest BCUT2D eigenvalue weighted by atomic mass is 16.5. The van der Waals surface area contributed by atoms with E-state index in [4.69, 9.17) is 4.74 Å². The largest absolute Gasteiger partial charge is 0.489 e. The normalized spacial score (nSPS) is 20.1. The van der Waals surface area contributed by atoms with Crippen molar-refractivity contribution in [3.8, 4) is 5.75 Å². The number of nitrogens with zero attached hydrogens (tertiary/aromatic N) is 1. The van der Waals surface area contributed by atoms with Crippen molar-refractivity contribution in [2.24, 2.45) is 17.3 Å². The Labute approximate surface area is 288 Å². The van der Waals surface area contributed by atoms with Gasteiger partial charge in [-0.1, -0.05) is 120 Å². The van der Waals surface area contributed by atoms with Gasteiger partial charge in [0.2, 0.25) is 5.91 Å². The molecule has 0 saturated heterocycles. The van der Waals surface area contributed by atoms with Crippen molar-refractivity contribution in [3.63, 3.8) is 0 Å². The van der Waals surface area contributed by atoms with E-state index in [1.54, 1.807) is 0 Å². The van der Waals surface area contributed by atoms with Gasteiger partial charge in [-0.3, -0.25) is 4.79 Å². The van der Waals surface area contributed by atoms with E-state index in [0.29, 0.717) is 44.8 Å². The molecule has 1 saturated carbocycles. The molecule has 6 heteroatoms. The Balaban J connectivity index is 1.28. The van der Waals surface area contributed by atoms with Gasteiger partial charge in [-0.2, -0.15) is 0 Å². The highest BCUT2D eigenvalue weighted by Gasteiger charge is 2.38. The second-order valence-corrected chi connectivity index (χ2v) is 15.6. The molecule has 0 aliphatic heterocycles. The molecule has 5 atom stereocenters. The SMILES string of the molecule is CC(C)(C)CC(O)C[C@@H](CC1CCCCC1)[C@@H](O)CCC(=O)N(Cc1ccc(OCc2ccccc2)cc1)[C@H]1c2ccccc2C[C@H]1O. The van der Waals surface area contributed by atoms with Crippen LogP contribution in [0.2, 0.25) is 0 Å². The van der Waals surface area contributed by atoms with Gasteiger partial charge in [0.15, 0.2) is 0 Å². The van der Waals surface area contributed by atoms with E-state index in [9.17, 15) is 20.1 Å². The van der Waals surface area contributed by atoms with E-state index in [2.05, 4.69) is 20.8 Å². The lowest BCUT2D eigenvalue weighted by molar-refractivity contribution is -0.137. The van der Waals surface area contributed by atoms with Crippen molar-refractivity contribution in [3.05, 3.63) is 101 Å². The number of hydrogen-bond acceptors (Lipinski definition) is 5. The first-order chi connectivity index (χ1) is 23.1. The average Bonchev–Trinajstić information content (AvgIpc) is 3.40. The summed E-state index contributed by atoms with van der Waals surface area (Å²) >= 11 is 0. The van der Waals surface area contributed by atoms with Crippen molar-refractivity contribution < 1.29 is 24.9 Å². The molecule has 0 bridgehead atoms. The first kappa shape index (κ1) is 36.1. The van der Waals surface area contributed by atoms with Crippen molar-refractivity contribution in [2.75, 3.05) is 0 Å². The lowest BCUT2D eigenvalue weighted by Crippen LogP contribution is -2.39. The highest BCUT2D eigenvalue weighted by molar-refractivity contribution is 5.77. The summed E-state index contributed by atoms with van der Waals surface area (Å²) in [6.07, 6.45) is 7.42. The van der Waals surface area contributed by atoms with Crippen LogP contribution < -0.4 is 4.74 Å². The zero-order valence-electron chi connectivity index (χ0n) is 29.3. The minimum absolute atomic E-state index is 0.000848. The number of amides is 1. The lowest BCUT2D eigenvalue weighted by Gasteiger charge is -2.34. The van der Waals surface area contributed by atoms with Gasteiger partial charge in [0.1, 0.15) is 12.4 Å². The second kappa shape index (κ2) is 17.0. The Morgan fingerprint density at radius 1 is 0.896 bits per heavy atom. The van der Waals surface area contributed by atoms with Gasteiger partial charge < -0.3 is 25.0 Å². The van der Waals surface area contributed by atoms with Gasteiger partial charge in [-0.15, -0.1) is 0 Å². The summed E-state index contributed by atoms with van der Waals surface area (Å²) in [5, 5.41) is 33.9. The van der Waals surface area contributed by atoms with Crippen LogP contribution in [0.1, 0.15) is 113 Å². The molecular weight excluding hydrogens is 598 g/mol. The van der Waals surface area contributed by atoms with Gasteiger partial charge in [-0.25, -0.2) is 0 Å². The second-order valence-electron chi connectivity index (χ2n) is 15.6. The number of aliphatic hydroxyl groups excluding tert-OH is 3. The van der Waals surface area contributed by atoms with Crippen molar-refractivity contribution in [2.45, 2.75) is 129 Å². The molecule has 3 N–H and O–H groups in total. The highest BCUT2D eigenvalue weighted by Crippen LogP contribution is 2.38. The Morgan fingerprint density at radius 3 is 2.29 bits per heavy atom. The average molecular weight is 656 g/mol. The molecule has 0 heterocycles. The van der Waals surface area contributed by atoms with Gasteiger partial charge in [0, 0.05) is 19.4 Å². The van der Waals surface area contributed by atoms with Crippen LogP contribution in [-0.2, 0) is 24.4 Å². The summed E-state index contributed by atoms with van der Waals surface area (Å²) in [7, 11) is 0. The Kier molecular flexibility index (Phi) is 12.8. The van der Waals surface area contributed by atoms with Gasteiger partial charge in [0.05, 0.1) is 24.4 Å². The quantitative estimate of drug-likeness (QED) is 0.154. The van der Waals surface area contributed by atoms with E-state index in [-0.39, 0.29) is 23.7 Å². The van der Waals surface area contributed by atoms with Crippen molar-refractivity contribution in [1.82, 2.24) is 4.90 Å². The third kappa shape index (κ3) is 10.4. The van der Waals surface area contributed by atoms with E-state index in [0.717, 1.165) is 34.4 Å². The van der Waals surface area contributed by atoms with Crippen LogP contribution in [0.4, 0.5) is 0 Å². The maximum absolute atomic E-state index is 14.2. The molecule has 1 amide bonds. The van der Waals surface area contributed by atoms with Gasteiger partial charge in [0.25, 0.3) is 0 Å². The number of ether oxygens (including phenoxy) is 1.